The minimum Gasteiger partial charge on any atom is -0.493 e. The number of ether oxygens (including phenoxy) is 2. The zero-order chi connectivity index (χ0) is 18.5. The largest absolute Gasteiger partial charge is 0.493 e. The van der Waals surface area contributed by atoms with Crippen molar-refractivity contribution in [1.29, 1.82) is 0 Å². The van der Waals surface area contributed by atoms with Gasteiger partial charge in [0.2, 0.25) is 0 Å². The molecule has 0 spiro atoms. The van der Waals surface area contributed by atoms with Crippen LogP contribution in [0.15, 0.2) is 42.6 Å². The van der Waals surface area contributed by atoms with Gasteiger partial charge in [-0.1, -0.05) is 18.2 Å². The van der Waals surface area contributed by atoms with Crippen LogP contribution in [0.1, 0.15) is 30.1 Å². The van der Waals surface area contributed by atoms with Crippen molar-refractivity contribution in [2.24, 2.45) is 5.92 Å². The van der Waals surface area contributed by atoms with Crippen molar-refractivity contribution in [3.8, 4) is 11.5 Å². The van der Waals surface area contributed by atoms with Gasteiger partial charge in [0.15, 0.2) is 11.5 Å². The SMILES string of the molecule is COc1cccc(C(c2ccccn2)N2CCCC(C(=O)O)C2)c1OC. The van der Waals surface area contributed by atoms with Crippen LogP contribution in [0.5, 0.6) is 11.5 Å². The quantitative estimate of drug-likeness (QED) is 0.858. The number of para-hydroxylation sites is 1. The predicted molar refractivity (Wildman–Crippen MR) is 97.6 cm³/mol. The minimum atomic E-state index is -0.743. The molecule has 1 N–H and O–H groups in total. The Morgan fingerprint density at radius 3 is 2.73 bits per heavy atom. The van der Waals surface area contributed by atoms with E-state index in [1.54, 1.807) is 20.4 Å². The molecule has 1 saturated heterocycles. The molecule has 0 aliphatic carbocycles. The molecule has 1 aliphatic heterocycles. The Morgan fingerprint density at radius 2 is 2.08 bits per heavy atom. The molecule has 6 heteroatoms. The van der Waals surface area contributed by atoms with Gasteiger partial charge in [0.05, 0.1) is 31.9 Å². The van der Waals surface area contributed by atoms with Crippen LogP contribution in [0.3, 0.4) is 0 Å². The summed E-state index contributed by atoms with van der Waals surface area (Å²) in [5.74, 6) is 0.194. The standard InChI is InChI=1S/C20H24N2O4/c1-25-17-10-5-8-15(19(17)26-2)18(16-9-3-4-11-21-16)22-12-6-7-14(13-22)20(23)24/h3-5,8-11,14,18H,6-7,12-13H2,1-2H3,(H,23,24). The monoisotopic (exact) mass is 356 g/mol. The Bertz CT molecular complexity index is 751. The van der Waals surface area contributed by atoms with Crippen molar-refractivity contribution in [2.45, 2.75) is 18.9 Å². The Morgan fingerprint density at radius 1 is 1.23 bits per heavy atom. The minimum absolute atomic E-state index is 0.191. The third-order valence-corrected chi connectivity index (χ3v) is 4.86. The van der Waals surface area contributed by atoms with Crippen molar-refractivity contribution >= 4 is 5.97 Å². The first kappa shape index (κ1) is 18.2. The summed E-state index contributed by atoms with van der Waals surface area (Å²) in [6.07, 6.45) is 3.30. The maximum Gasteiger partial charge on any atom is 0.307 e. The highest BCUT2D eigenvalue weighted by Crippen LogP contribution is 2.40. The summed E-state index contributed by atoms with van der Waals surface area (Å²) < 4.78 is 11.1. The molecule has 0 radical (unpaired) electrons. The van der Waals surface area contributed by atoms with E-state index in [1.165, 1.54) is 0 Å². The second-order valence-electron chi connectivity index (χ2n) is 6.41. The molecule has 1 aliphatic rings. The highest BCUT2D eigenvalue weighted by Gasteiger charge is 2.33. The van der Waals surface area contributed by atoms with Crippen molar-refractivity contribution in [3.05, 3.63) is 53.9 Å². The summed E-state index contributed by atoms with van der Waals surface area (Å²) in [5, 5.41) is 9.47. The number of carboxylic acid groups (broad SMARTS) is 1. The molecule has 26 heavy (non-hydrogen) atoms. The number of carbonyl (C=O) groups is 1. The molecule has 2 aromatic rings. The molecular formula is C20H24N2O4. The Labute approximate surface area is 153 Å². The van der Waals surface area contributed by atoms with Gasteiger partial charge in [0, 0.05) is 18.3 Å². The fourth-order valence-corrected chi connectivity index (χ4v) is 3.65. The van der Waals surface area contributed by atoms with Crippen LogP contribution in [-0.4, -0.2) is 48.3 Å². The van der Waals surface area contributed by atoms with E-state index in [9.17, 15) is 9.90 Å². The Kier molecular flexibility index (Phi) is 5.73. The molecule has 0 saturated carbocycles. The molecule has 0 bridgehead atoms. The first-order valence-corrected chi connectivity index (χ1v) is 8.74. The number of aromatic nitrogens is 1. The number of aliphatic carboxylic acids is 1. The first-order valence-electron chi connectivity index (χ1n) is 8.74. The molecule has 0 amide bonds. The second kappa shape index (κ2) is 8.19. The lowest BCUT2D eigenvalue weighted by molar-refractivity contribution is -0.143. The van der Waals surface area contributed by atoms with Gasteiger partial charge in [-0.25, -0.2) is 0 Å². The Hall–Kier alpha value is -2.60. The molecule has 138 valence electrons. The van der Waals surface area contributed by atoms with E-state index in [2.05, 4.69) is 9.88 Å². The van der Waals surface area contributed by atoms with E-state index >= 15 is 0 Å². The van der Waals surface area contributed by atoms with Crippen LogP contribution in [0.2, 0.25) is 0 Å². The smallest absolute Gasteiger partial charge is 0.307 e. The number of nitrogens with zero attached hydrogens (tertiary/aromatic N) is 2. The maximum atomic E-state index is 11.5. The molecule has 1 fully saturated rings. The summed E-state index contributed by atoms with van der Waals surface area (Å²) in [4.78, 5) is 18.3. The third-order valence-electron chi connectivity index (χ3n) is 4.86. The van der Waals surface area contributed by atoms with Crippen molar-refractivity contribution in [1.82, 2.24) is 9.88 Å². The average molecular weight is 356 g/mol. The van der Waals surface area contributed by atoms with Gasteiger partial charge in [0.25, 0.3) is 0 Å². The van der Waals surface area contributed by atoms with E-state index < -0.39 is 5.97 Å². The lowest BCUT2D eigenvalue weighted by atomic mass is 9.92. The molecule has 1 aromatic carbocycles. The number of rotatable bonds is 6. The van der Waals surface area contributed by atoms with Crippen molar-refractivity contribution < 1.29 is 19.4 Å². The fourth-order valence-electron chi connectivity index (χ4n) is 3.65. The fraction of sp³-hybridized carbons (Fsp3) is 0.400. The number of pyridine rings is 1. The normalized spacial score (nSPS) is 18.9. The molecule has 1 aromatic heterocycles. The zero-order valence-corrected chi connectivity index (χ0v) is 15.1. The van der Waals surface area contributed by atoms with E-state index in [0.29, 0.717) is 24.5 Å². The summed E-state index contributed by atoms with van der Waals surface area (Å²) in [6, 6.07) is 11.4. The van der Waals surface area contributed by atoms with Crippen LogP contribution in [0.4, 0.5) is 0 Å². The molecule has 2 unspecified atom stereocenters. The van der Waals surface area contributed by atoms with Crippen molar-refractivity contribution in [3.63, 3.8) is 0 Å². The number of piperidine rings is 1. The molecular weight excluding hydrogens is 332 g/mol. The maximum absolute atomic E-state index is 11.5. The Balaban J connectivity index is 2.07. The molecule has 3 rings (SSSR count). The van der Waals surface area contributed by atoms with Gasteiger partial charge < -0.3 is 14.6 Å². The van der Waals surface area contributed by atoms with Crippen LogP contribution in [0, 0.1) is 5.92 Å². The number of benzene rings is 1. The van der Waals surface area contributed by atoms with Gasteiger partial charge in [-0.3, -0.25) is 14.7 Å². The predicted octanol–water partition coefficient (Wildman–Crippen LogP) is 2.98. The van der Waals surface area contributed by atoms with E-state index in [4.69, 9.17) is 9.47 Å². The van der Waals surface area contributed by atoms with E-state index in [1.807, 2.05) is 36.4 Å². The zero-order valence-electron chi connectivity index (χ0n) is 15.1. The number of hydrogen-bond acceptors (Lipinski definition) is 5. The topological polar surface area (TPSA) is 71.9 Å². The lowest BCUT2D eigenvalue weighted by Crippen LogP contribution is -2.41. The van der Waals surface area contributed by atoms with Crippen LogP contribution >= 0.6 is 0 Å². The molecule has 6 nitrogen and oxygen atoms in total. The van der Waals surface area contributed by atoms with E-state index in [0.717, 1.165) is 24.2 Å². The number of likely N-dealkylation sites (tertiary alicyclic amines) is 1. The summed E-state index contributed by atoms with van der Waals surface area (Å²) in [6.45, 7) is 1.29. The van der Waals surface area contributed by atoms with Crippen LogP contribution in [0.25, 0.3) is 0 Å². The van der Waals surface area contributed by atoms with Crippen LogP contribution < -0.4 is 9.47 Å². The van der Waals surface area contributed by atoms with E-state index in [-0.39, 0.29) is 12.0 Å². The average Bonchev–Trinajstić information content (AvgIpc) is 2.69. The van der Waals surface area contributed by atoms with Gasteiger partial charge in [-0.05, 0) is 37.6 Å². The van der Waals surface area contributed by atoms with Gasteiger partial charge in [0.1, 0.15) is 0 Å². The summed E-state index contributed by atoms with van der Waals surface area (Å²) >= 11 is 0. The summed E-state index contributed by atoms with van der Waals surface area (Å²) in [7, 11) is 3.23. The molecule has 2 heterocycles. The van der Waals surface area contributed by atoms with Gasteiger partial charge in [-0.2, -0.15) is 0 Å². The summed E-state index contributed by atoms with van der Waals surface area (Å²) in [5.41, 5.74) is 1.79. The number of carboxylic acids is 1. The molecule has 2 atom stereocenters. The first-order chi connectivity index (χ1) is 12.7. The second-order valence-corrected chi connectivity index (χ2v) is 6.41. The highest BCUT2D eigenvalue weighted by atomic mass is 16.5. The van der Waals surface area contributed by atoms with Crippen molar-refractivity contribution in [2.75, 3.05) is 27.3 Å². The van der Waals surface area contributed by atoms with Gasteiger partial charge in [-0.15, -0.1) is 0 Å². The third kappa shape index (κ3) is 3.65. The highest BCUT2D eigenvalue weighted by molar-refractivity contribution is 5.70. The lowest BCUT2D eigenvalue weighted by Gasteiger charge is -2.37. The number of hydrogen-bond donors (Lipinski definition) is 1. The van der Waals surface area contributed by atoms with Gasteiger partial charge >= 0.3 is 5.97 Å². The van der Waals surface area contributed by atoms with Crippen LogP contribution in [-0.2, 0) is 4.79 Å². The number of methoxy groups -OCH3 is 2.